The summed E-state index contributed by atoms with van der Waals surface area (Å²) in [5.74, 6) is 1.41. The monoisotopic (exact) mass is 402 g/mol. The Kier molecular flexibility index (Phi) is 6.95. The molecule has 152 valence electrons. The Morgan fingerprint density at radius 1 is 0.733 bits per heavy atom. The van der Waals surface area contributed by atoms with Crippen molar-refractivity contribution < 1.29 is 19.0 Å². The number of nitrogens with zero attached hydrogens (tertiary/aromatic N) is 2. The Balaban J connectivity index is 2.01. The summed E-state index contributed by atoms with van der Waals surface area (Å²) in [5.41, 5.74) is 2.11. The lowest BCUT2D eigenvalue weighted by Crippen LogP contribution is -2.15. The van der Waals surface area contributed by atoms with Crippen molar-refractivity contribution in [1.82, 2.24) is 0 Å². The minimum atomic E-state index is -0.210. The molecule has 3 aromatic rings. The minimum absolute atomic E-state index is 0.210. The van der Waals surface area contributed by atoms with Crippen LogP contribution >= 0.6 is 0 Å². The van der Waals surface area contributed by atoms with Gasteiger partial charge in [-0.15, -0.1) is 5.10 Å². The van der Waals surface area contributed by atoms with Crippen molar-refractivity contribution in [3.63, 3.8) is 0 Å². The molecule has 0 heterocycles. The number of rotatable bonds is 8. The zero-order chi connectivity index (χ0) is 21.3. The van der Waals surface area contributed by atoms with Crippen LogP contribution in [0, 0.1) is 0 Å². The van der Waals surface area contributed by atoms with E-state index < -0.39 is 0 Å². The predicted octanol–water partition coefficient (Wildman–Crippen LogP) is 4.42. The van der Waals surface area contributed by atoms with Crippen molar-refractivity contribution >= 4 is 17.7 Å². The van der Waals surface area contributed by atoms with Gasteiger partial charge in [0.1, 0.15) is 11.5 Å². The number of hydrogen-bond acceptors (Lipinski definition) is 6. The maximum absolute atomic E-state index is 13.0. The third-order valence-corrected chi connectivity index (χ3v) is 4.39. The van der Waals surface area contributed by atoms with Crippen LogP contribution in [0.5, 0.6) is 17.2 Å². The summed E-state index contributed by atoms with van der Waals surface area (Å²) in [5, 5.41) is 8.42. The van der Waals surface area contributed by atoms with Gasteiger partial charge in [0.15, 0.2) is 11.5 Å². The zero-order valence-electron chi connectivity index (χ0n) is 17.0. The summed E-state index contributed by atoms with van der Waals surface area (Å²) in [6.45, 7) is 0. The molecule has 0 aromatic heterocycles. The van der Waals surface area contributed by atoms with Crippen LogP contribution < -0.4 is 14.2 Å². The first kappa shape index (κ1) is 20.8. The van der Waals surface area contributed by atoms with Crippen molar-refractivity contribution in [2.24, 2.45) is 10.2 Å². The molecule has 30 heavy (non-hydrogen) atoms. The Morgan fingerprint density at radius 3 is 1.83 bits per heavy atom. The molecular formula is C24H22N2O4. The third kappa shape index (κ3) is 4.72. The van der Waals surface area contributed by atoms with E-state index in [2.05, 4.69) is 10.2 Å². The van der Waals surface area contributed by atoms with E-state index in [-0.39, 0.29) is 11.5 Å². The molecule has 3 rings (SSSR count). The molecule has 0 aliphatic carbocycles. The summed E-state index contributed by atoms with van der Waals surface area (Å²) in [7, 11) is 4.66. The molecule has 0 aliphatic rings. The van der Waals surface area contributed by atoms with E-state index in [0.717, 1.165) is 0 Å². The van der Waals surface area contributed by atoms with E-state index in [1.165, 1.54) is 6.21 Å². The quantitative estimate of drug-likeness (QED) is 0.318. The van der Waals surface area contributed by atoms with Gasteiger partial charge in [0, 0.05) is 22.8 Å². The van der Waals surface area contributed by atoms with Crippen LogP contribution in [0.15, 0.2) is 83.0 Å². The van der Waals surface area contributed by atoms with E-state index in [9.17, 15) is 4.79 Å². The van der Waals surface area contributed by atoms with Gasteiger partial charge < -0.3 is 14.2 Å². The SMILES string of the molecule is COc1cc(OC)c(OC)cc1/C=N/N=C(/C(=O)c1ccccc1)c1ccccc1. The standard InChI is InChI=1S/C24H22N2O4/c1-28-20-15-22(30-3)21(29-2)14-19(20)16-25-26-23(17-10-6-4-7-11-17)24(27)18-12-8-5-9-13-18/h4-16H,1-3H3/b25-16+,26-23+. The Bertz CT molecular complexity index is 1060. The summed E-state index contributed by atoms with van der Waals surface area (Å²) < 4.78 is 16.0. The highest BCUT2D eigenvalue weighted by atomic mass is 16.5. The fourth-order valence-corrected chi connectivity index (χ4v) is 2.86. The van der Waals surface area contributed by atoms with Gasteiger partial charge in [0.05, 0.1) is 27.5 Å². The molecule has 0 spiro atoms. The molecule has 0 bridgehead atoms. The second kappa shape index (κ2) is 10.0. The minimum Gasteiger partial charge on any atom is -0.496 e. The van der Waals surface area contributed by atoms with Crippen LogP contribution in [0.4, 0.5) is 0 Å². The number of methoxy groups -OCH3 is 3. The molecule has 0 amide bonds. The predicted molar refractivity (Wildman–Crippen MR) is 117 cm³/mol. The van der Waals surface area contributed by atoms with E-state index in [1.807, 2.05) is 48.5 Å². The van der Waals surface area contributed by atoms with E-state index >= 15 is 0 Å². The number of hydrogen-bond donors (Lipinski definition) is 0. The highest BCUT2D eigenvalue weighted by molar-refractivity contribution is 6.51. The summed E-state index contributed by atoms with van der Waals surface area (Å²) in [4.78, 5) is 13.0. The fourth-order valence-electron chi connectivity index (χ4n) is 2.86. The molecule has 0 fully saturated rings. The molecule has 3 aromatic carbocycles. The van der Waals surface area contributed by atoms with Crippen molar-refractivity contribution in [3.8, 4) is 17.2 Å². The number of carbonyl (C=O) groups excluding carboxylic acids is 1. The first-order chi connectivity index (χ1) is 14.7. The van der Waals surface area contributed by atoms with Crippen LogP contribution in [-0.2, 0) is 0 Å². The van der Waals surface area contributed by atoms with Crippen LogP contribution in [0.3, 0.4) is 0 Å². The lowest BCUT2D eigenvalue weighted by Gasteiger charge is -2.11. The second-order valence-corrected chi connectivity index (χ2v) is 6.20. The van der Waals surface area contributed by atoms with Gasteiger partial charge in [-0.1, -0.05) is 60.7 Å². The number of ketones is 1. The molecule has 0 atom stereocenters. The molecule has 0 saturated heterocycles. The summed E-state index contributed by atoms with van der Waals surface area (Å²) in [6, 6.07) is 21.7. The molecule has 0 N–H and O–H groups in total. The molecule has 6 heteroatoms. The summed E-state index contributed by atoms with van der Waals surface area (Å²) >= 11 is 0. The van der Waals surface area contributed by atoms with Crippen LogP contribution in [0.1, 0.15) is 21.5 Å². The van der Waals surface area contributed by atoms with E-state index in [0.29, 0.717) is 33.9 Å². The molecule has 6 nitrogen and oxygen atoms in total. The lowest BCUT2D eigenvalue weighted by molar-refractivity contribution is 0.106. The van der Waals surface area contributed by atoms with Gasteiger partial charge in [-0.25, -0.2) is 0 Å². The van der Waals surface area contributed by atoms with Gasteiger partial charge >= 0.3 is 0 Å². The smallest absolute Gasteiger partial charge is 0.213 e. The number of benzene rings is 3. The molecule has 0 radical (unpaired) electrons. The third-order valence-electron chi connectivity index (χ3n) is 4.39. The van der Waals surface area contributed by atoms with E-state index in [4.69, 9.17) is 14.2 Å². The van der Waals surface area contributed by atoms with Crippen LogP contribution in [0.25, 0.3) is 0 Å². The maximum Gasteiger partial charge on any atom is 0.213 e. The number of ether oxygens (including phenoxy) is 3. The van der Waals surface area contributed by atoms with Gasteiger partial charge in [-0.2, -0.15) is 5.10 Å². The first-order valence-corrected chi connectivity index (χ1v) is 9.24. The Labute approximate surface area is 175 Å². The molecule has 0 unspecified atom stereocenters. The van der Waals surface area contributed by atoms with Crippen molar-refractivity contribution in [1.29, 1.82) is 0 Å². The Morgan fingerprint density at radius 2 is 1.27 bits per heavy atom. The molecule has 0 aliphatic heterocycles. The lowest BCUT2D eigenvalue weighted by atomic mass is 10.0. The van der Waals surface area contributed by atoms with Gasteiger partial charge in [-0.3, -0.25) is 4.79 Å². The van der Waals surface area contributed by atoms with E-state index in [1.54, 1.807) is 45.6 Å². The Hall–Kier alpha value is -3.93. The van der Waals surface area contributed by atoms with Gasteiger partial charge in [0.25, 0.3) is 0 Å². The van der Waals surface area contributed by atoms with Gasteiger partial charge in [0.2, 0.25) is 5.78 Å². The normalized spacial score (nSPS) is 11.4. The van der Waals surface area contributed by atoms with Crippen molar-refractivity contribution in [2.75, 3.05) is 21.3 Å². The highest BCUT2D eigenvalue weighted by Gasteiger charge is 2.16. The molecular weight excluding hydrogens is 380 g/mol. The average Bonchev–Trinajstić information content (AvgIpc) is 2.82. The largest absolute Gasteiger partial charge is 0.496 e. The zero-order valence-corrected chi connectivity index (χ0v) is 17.0. The number of carbonyl (C=O) groups is 1. The summed E-state index contributed by atoms with van der Waals surface area (Å²) in [6.07, 6.45) is 1.52. The maximum atomic E-state index is 13.0. The average molecular weight is 402 g/mol. The molecule has 0 saturated carbocycles. The van der Waals surface area contributed by atoms with Crippen molar-refractivity contribution in [2.45, 2.75) is 0 Å². The van der Waals surface area contributed by atoms with Crippen molar-refractivity contribution in [3.05, 3.63) is 89.5 Å². The fraction of sp³-hybridized carbons (Fsp3) is 0.125. The first-order valence-electron chi connectivity index (χ1n) is 9.24. The van der Waals surface area contributed by atoms with Gasteiger partial charge in [-0.05, 0) is 6.07 Å². The second-order valence-electron chi connectivity index (χ2n) is 6.20. The highest BCUT2D eigenvalue weighted by Crippen LogP contribution is 2.33. The van der Waals surface area contributed by atoms with Crippen LogP contribution in [-0.4, -0.2) is 39.0 Å². The topological polar surface area (TPSA) is 69.5 Å². The van der Waals surface area contributed by atoms with Crippen LogP contribution in [0.2, 0.25) is 0 Å². The number of Topliss-reactive ketones (excluding diaryl/α,β-unsaturated/α-hetero) is 1.